The van der Waals surface area contributed by atoms with Crippen molar-refractivity contribution in [3.63, 3.8) is 0 Å². The summed E-state index contributed by atoms with van der Waals surface area (Å²) in [4.78, 5) is 22.5. The summed E-state index contributed by atoms with van der Waals surface area (Å²) < 4.78 is 0. The number of carbonyl (C=O) groups is 2. The van der Waals surface area contributed by atoms with Crippen molar-refractivity contribution < 1.29 is 14.7 Å². The molecule has 0 aliphatic heterocycles. The molecule has 0 aliphatic rings. The van der Waals surface area contributed by atoms with E-state index in [-0.39, 0.29) is 28.5 Å². The van der Waals surface area contributed by atoms with Crippen LogP contribution in [0.2, 0.25) is 5.02 Å². The number of rotatable bonds is 4. The molecule has 0 aliphatic carbocycles. The molecule has 1 rings (SSSR count). The van der Waals surface area contributed by atoms with Crippen LogP contribution < -0.4 is 11.1 Å². The third-order valence-corrected chi connectivity index (χ3v) is 2.99. The molecule has 5 nitrogen and oxygen atoms in total. The Bertz CT molecular complexity index is 474. The van der Waals surface area contributed by atoms with Crippen LogP contribution in [0.25, 0.3) is 0 Å². The van der Waals surface area contributed by atoms with E-state index in [1.807, 2.05) is 0 Å². The van der Waals surface area contributed by atoms with Gasteiger partial charge in [-0.05, 0) is 25.1 Å². The molecule has 1 amide bonds. The minimum absolute atomic E-state index is 0.0678. The van der Waals surface area contributed by atoms with Crippen molar-refractivity contribution in [2.75, 3.05) is 5.32 Å². The van der Waals surface area contributed by atoms with E-state index in [1.165, 1.54) is 18.2 Å². The lowest BCUT2D eigenvalue weighted by Gasteiger charge is -2.16. The number of hydrogen-bond donors (Lipinski definition) is 3. The summed E-state index contributed by atoms with van der Waals surface area (Å²) in [5.41, 5.74) is 6.06. The second-order valence-electron chi connectivity index (χ2n) is 4.14. The Morgan fingerprint density at radius 1 is 1.39 bits per heavy atom. The van der Waals surface area contributed by atoms with Crippen molar-refractivity contribution in [1.82, 2.24) is 0 Å². The fraction of sp³-hybridized carbons (Fsp3) is 0.333. The van der Waals surface area contributed by atoms with Crippen LogP contribution in [-0.2, 0) is 4.79 Å². The van der Waals surface area contributed by atoms with Gasteiger partial charge in [-0.25, -0.2) is 4.79 Å². The van der Waals surface area contributed by atoms with Crippen LogP contribution in [0.4, 0.5) is 5.69 Å². The first-order chi connectivity index (χ1) is 8.32. The van der Waals surface area contributed by atoms with E-state index in [0.717, 1.165) is 0 Å². The van der Waals surface area contributed by atoms with Gasteiger partial charge in [-0.2, -0.15) is 0 Å². The Morgan fingerprint density at radius 2 is 2.00 bits per heavy atom. The molecule has 1 aromatic rings. The number of aromatic carboxylic acids is 1. The number of halogens is 1. The summed E-state index contributed by atoms with van der Waals surface area (Å²) in [5, 5.41) is 11.6. The molecule has 0 spiro atoms. The van der Waals surface area contributed by atoms with Gasteiger partial charge in [-0.15, -0.1) is 0 Å². The van der Waals surface area contributed by atoms with Gasteiger partial charge in [0.15, 0.2) is 0 Å². The molecule has 2 atom stereocenters. The predicted molar refractivity (Wildman–Crippen MR) is 69.9 cm³/mol. The number of nitrogens with one attached hydrogen (secondary N) is 1. The SMILES string of the molecule is CC(N)C(C)C(=O)Nc1ccc(C(=O)O)cc1Cl. The standard InChI is InChI=1S/C12H15ClN2O3/c1-6(7(2)14)11(16)15-10-4-3-8(12(17)18)5-9(10)13/h3-7H,14H2,1-2H3,(H,15,16)(H,17,18). The van der Waals surface area contributed by atoms with E-state index in [2.05, 4.69) is 5.32 Å². The Labute approximate surface area is 110 Å². The third kappa shape index (κ3) is 3.45. The highest BCUT2D eigenvalue weighted by molar-refractivity contribution is 6.34. The molecule has 98 valence electrons. The molecule has 0 saturated heterocycles. The highest BCUT2D eigenvalue weighted by Gasteiger charge is 2.18. The first kappa shape index (κ1) is 14.5. The van der Waals surface area contributed by atoms with Crippen molar-refractivity contribution in [2.24, 2.45) is 11.7 Å². The normalized spacial score (nSPS) is 13.8. The number of hydrogen-bond acceptors (Lipinski definition) is 3. The zero-order valence-electron chi connectivity index (χ0n) is 10.1. The second-order valence-corrected chi connectivity index (χ2v) is 4.54. The van der Waals surface area contributed by atoms with Crippen LogP contribution in [0, 0.1) is 5.92 Å². The van der Waals surface area contributed by atoms with Crippen molar-refractivity contribution in [2.45, 2.75) is 19.9 Å². The van der Waals surface area contributed by atoms with E-state index in [4.69, 9.17) is 22.4 Å². The third-order valence-electron chi connectivity index (χ3n) is 2.68. The molecule has 0 aromatic heterocycles. The largest absolute Gasteiger partial charge is 0.478 e. The van der Waals surface area contributed by atoms with Crippen LogP contribution >= 0.6 is 11.6 Å². The van der Waals surface area contributed by atoms with E-state index in [0.29, 0.717) is 5.69 Å². The van der Waals surface area contributed by atoms with Gasteiger partial charge in [0.25, 0.3) is 0 Å². The van der Waals surface area contributed by atoms with Crippen molar-refractivity contribution >= 4 is 29.2 Å². The summed E-state index contributed by atoms with van der Waals surface area (Å²) in [7, 11) is 0. The summed E-state index contributed by atoms with van der Waals surface area (Å²) in [6.07, 6.45) is 0. The van der Waals surface area contributed by atoms with Gasteiger partial charge in [0, 0.05) is 6.04 Å². The first-order valence-electron chi connectivity index (χ1n) is 5.42. The average molecular weight is 271 g/mol. The molecule has 0 bridgehead atoms. The van der Waals surface area contributed by atoms with Gasteiger partial charge in [-0.1, -0.05) is 18.5 Å². The van der Waals surface area contributed by atoms with Crippen LogP contribution in [0.3, 0.4) is 0 Å². The Balaban J connectivity index is 2.86. The molecular weight excluding hydrogens is 256 g/mol. The molecule has 1 aromatic carbocycles. The summed E-state index contributed by atoms with van der Waals surface area (Å²) in [6, 6.07) is 3.84. The van der Waals surface area contributed by atoms with E-state index < -0.39 is 5.97 Å². The van der Waals surface area contributed by atoms with Crippen LogP contribution in [0.1, 0.15) is 24.2 Å². The lowest BCUT2D eigenvalue weighted by atomic mass is 10.0. The molecule has 4 N–H and O–H groups in total. The fourth-order valence-corrected chi connectivity index (χ4v) is 1.46. The number of nitrogens with two attached hydrogens (primary N) is 1. The number of amides is 1. The summed E-state index contributed by atoms with van der Waals surface area (Å²) in [5.74, 6) is -1.69. The zero-order valence-corrected chi connectivity index (χ0v) is 10.9. The van der Waals surface area contributed by atoms with E-state index >= 15 is 0 Å². The molecule has 0 saturated carbocycles. The topological polar surface area (TPSA) is 92.4 Å². The summed E-state index contributed by atoms with van der Waals surface area (Å²) in [6.45, 7) is 3.44. The summed E-state index contributed by atoms with van der Waals surface area (Å²) >= 11 is 5.89. The van der Waals surface area contributed by atoms with Crippen molar-refractivity contribution in [3.05, 3.63) is 28.8 Å². The van der Waals surface area contributed by atoms with Gasteiger partial charge < -0.3 is 16.2 Å². The lowest BCUT2D eigenvalue weighted by molar-refractivity contribution is -0.119. The molecule has 0 heterocycles. The molecule has 2 unspecified atom stereocenters. The number of carboxylic acid groups (broad SMARTS) is 1. The minimum Gasteiger partial charge on any atom is -0.478 e. The van der Waals surface area contributed by atoms with Gasteiger partial charge in [-0.3, -0.25) is 4.79 Å². The first-order valence-corrected chi connectivity index (χ1v) is 5.80. The second kappa shape index (κ2) is 5.84. The molecule has 0 radical (unpaired) electrons. The van der Waals surface area contributed by atoms with Gasteiger partial charge in [0.1, 0.15) is 0 Å². The molecule has 18 heavy (non-hydrogen) atoms. The van der Waals surface area contributed by atoms with Crippen LogP contribution in [-0.4, -0.2) is 23.0 Å². The maximum Gasteiger partial charge on any atom is 0.335 e. The fourth-order valence-electron chi connectivity index (χ4n) is 1.23. The van der Waals surface area contributed by atoms with E-state index in [1.54, 1.807) is 13.8 Å². The van der Waals surface area contributed by atoms with Crippen LogP contribution in [0.5, 0.6) is 0 Å². The van der Waals surface area contributed by atoms with Gasteiger partial charge >= 0.3 is 5.97 Å². The maximum atomic E-state index is 11.8. The molecular formula is C12H15ClN2O3. The molecule has 0 fully saturated rings. The van der Waals surface area contributed by atoms with Crippen molar-refractivity contribution in [1.29, 1.82) is 0 Å². The number of anilines is 1. The predicted octanol–water partition coefficient (Wildman–Crippen LogP) is 1.96. The zero-order chi connectivity index (χ0) is 13.9. The van der Waals surface area contributed by atoms with Gasteiger partial charge in [0.05, 0.1) is 22.2 Å². The Hall–Kier alpha value is -1.59. The number of carboxylic acids is 1. The smallest absolute Gasteiger partial charge is 0.335 e. The molecule has 6 heteroatoms. The lowest BCUT2D eigenvalue weighted by Crippen LogP contribution is -2.34. The maximum absolute atomic E-state index is 11.8. The van der Waals surface area contributed by atoms with Gasteiger partial charge in [0.2, 0.25) is 5.91 Å². The average Bonchev–Trinajstić information content (AvgIpc) is 2.30. The Kier molecular flexibility index (Phi) is 4.69. The minimum atomic E-state index is -1.07. The van der Waals surface area contributed by atoms with Crippen molar-refractivity contribution in [3.8, 4) is 0 Å². The number of carbonyl (C=O) groups excluding carboxylic acids is 1. The van der Waals surface area contributed by atoms with Crippen LogP contribution in [0.15, 0.2) is 18.2 Å². The van der Waals surface area contributed by atoms with E-state index in [9.17, 15) is 9.59 Å². The number of benzene rings is 1. The monoisotopic (exact) mass is 270 g/mol. The quantitative estimate of drug-likeness (QED) is 0.780. The highest BCUT2D eigenvalue weighted by atomic mass is 35.5. The Morgan fingerprint density at radius 3 is 2.44 bits per heavy atom. The highest BCUT2D eigenvalue weighted by Crippen LogP contribution is 2.23.